The molecule has 2 aromatic carbocycles. The summed E-state index contributed by atoms with van der Waals surface area (Å²) >= 11 is 0. The van der Waals surface area contributed by atoms with Crippen molar-refractivity contribution < 1.29 is 43.3 Å². The molecule has 2 aromatic rings. The van der Waals surface area contributed by atoms with Gasteiger partial charge in [0.05, 0.1) is 15.3 Å². The highest BCUT2D eigenvalue weighted by Gasteiger charge is 2.45. The standard InChI is InChI=1S/C33H43N4O4.ClHO4/c1-22(2)16-18-34-28-14-12-24(36(38)39)20-26(28)32(5,6)30(34)10-9-11-31-33(7,8)27-21-25(37(40)41)13-15-29(27)35(31)19-17-23(3)4;2-1(3,4)5/h9-15,20-23H,16-19H2,1-8H3;(H,2,3,4,5)/q+1;/p-1. The first-order valence-corrected chi connectivity index (χ1v) is 16.4. The van der Waals surface area contributed by atoms with Gasteiger partial charge in [0.15, 0.2) is 5.71 Å². The normalized spacial score (nSPS) is 17.5. The van der Waals surface area contributed by atoms with Gasteiger partial charge in [0.1, 0.15) is 6.54 Å². The van der Waals surface area contributed by atoms with Crippen molar-refractivity contribution in [3.05, 3.63) is 91.7 Å². The first kappa shape index (κ1) is 36.8. The number of hydrogen-bond acceptors (Lipinski definition) is 9. The third-order valence-electron chi connectivity index (χ3n) is 8.54. The molecule has 250 valence electrons. The van der Waals surface area contributed by atoms with E-state index in [-0.39, 0.29) is 21.2 Å². The van der Waals surface area contributed by atoms with E-state index in [9.17, 15) is 20.2 Å². The quantitative estimate of drug-likeness (QED) is 0.209. The maximum absolute atomic E-state index is 11.6. The van der Waals surface area contributed by atoms with Crippen LogP contribution in [-0.4, -0.2) is 33.2 Å². The first-order valence-electron chi connectivity index (χ1n) is 15.2. The molecule has 0 aromatic heterocycles. The fourth-order valence-electron chi connectivity index (χ4n) is 6.04. The molecule has 0 aliphatic carbocycles. The maximum atomic E-state index is 11.6. The van der Waals surface area contributed by atoms with Crippen LogP contribution in [0.5, 0.6) is 0 Å². The smallest absolute Gasteiger partial charge is 0.270 e. The summed E-state index contributed by atoms with van der Waals surface area (Å²) in [6, 6.07) is 10.4. The second-order valence-electron chi connectivity index (χ2n) is 13.5. The molecular formula is C33H43ClN4O8. The van der Waals surface area contributed by atoms with Crippen LogP contribution in [-0.2, 0) is 10.8 Å². The molecule has 0 N–H and O–H groups in total. The number of nitrogens with zero attached hydrogens (tertiary/aromatic N) is 4. The van der Waals surface area contributed by atoms with Crippen molar-refractivity contribution in [3.8, 4) is 0 Å². The Morgan fingerprint density at radius 1 is 0.826 bits per heavy atom. The number of nitro groups is 2. The van der Waals surface area contributed by atoms with E-state index in [1.54, 1.807) is 24.3 Å². The monoisotopic (exact) mass is 658 g/mol. The fraction of sp³-hybridized carbons (Fsp3) is 0.485. The van der Waals surface area contributed by atoms with Gasteiger partial charge in [-0.3, -0.25) is 20.2 Å². The highest BCUT2D eigenvalue weighted by atomic mass is 35.7. The Morgan fingerprint density at radius 2 is 1.35 bits per heavy atom. The molecule has 46 heavy (non-hydrogen) atoms. The van der Waals surface area contributed by atoms with Crippen molar-refractivity contribution in [1.29, 1.82) is 0 Å². The molecule has 0 radical (unpaired) electrons. The third-order valence-corrected chi connectivity index (χ3v) is 8.54. The summed E-state index contributed by atoms with van der Waals surface area (Å²) in [7, 11) is -4.94. The van der Waals surface area contributed by atoms with Gasteiger partial charge in [0, 0.05) is 71.7 Å². The minimum atomic E-state index is -4.94. The lowest BCUT2D eigenvalue weighted by atomic mass is 9.81. The van der Waals surface area contributed by atoms with Crippen LogP contribution in [0.1, 0.15) is 79.4 Å². The Kier molecular flexibility index (Phi) is 11.2. The SMILES string of the molecule is CC(C)CCN1/C(=C/C=CC2=[N+](CCC(C)C)c3ccc([N+](=O)[O-])cc3C2(C)C)C(C)(C)c2cc([N+](=O)[O-])ccc21.[O-][Cl+3]([O-])([O-])[O-]. The van der Waals surface area contributed by atoms with Crippen molar-refractivity contribution in [2.45, 2.75) is 79.1 Å². The molecule has 0 bridgehead atoms. The topological polar surface area (TPSA) is 185 Å². The molecular weight excluding hydrogens is 616 g/mol. The Bertz CT molecular complexity index is 1570. The number of fused-ring (bicyclic) bond motifs is 2. The van der Waals surface area contributed by atoms with Crippen LogP contribution in [0.4, 0.5) is 22.7 Å². The van der Waals surface area contributed by atoms with Crippen LogP contribution in [0.15, 0.2) is 60.3 Å². The Balaban J connectivity index is 0.00000107. The van der Waals surface area contributed by atoms with Gasteiger partial charge in [-0.05, 0) is 49.8 Å². The number of benzene rings is 2. The molecule has 0 atom stereocenters. The average molecular weight is 659 g/mol. The second kappa shape index (κ2) is 14.0. The average Bonchev–Trinajstić information content (AvgIpc) is 3.27. The van der Waals surface area contributed by atoms with Crippen LogP contribution < -0.4 is 23.5 Å². The van der Waals surface area contributed by atoms with E-state index in [0.717, 1.165) is 59.8 Å². The van der Waals surface area contributed by atoms with E-state index in [1.165, 1.54) is 0 Å². The number of allylic oxidation sites excluding steroid dienone is 4. The molecule has 13 heteroatoms. The zero-order valence-corrected chi connectivity index (χ0v) is 28.4. The molecule has 2 aliphatic rings. The van der Waals surface area contributed by atoms with Gasteiger partial charge in [0.25, 0.3) is 11.4 Å². The molecule has 0 unspecified atom stereocenters. The summed E-state index contributed by atoms with van der Waals surface area (Å²) in [5, 5.41) is 23.1. The molecule has 0 saturated carbocycles. The Hall–Kier alpha value is -3.68. The summed E-state index contributed by atoms with van der Waals surface area (Å²) in [4.78, 5) is 24.8. The minimum Gasteiger partial charge on any atom is -0.344 e. The van der Waals surface area contributed by atoms with Crippen molar-refractivity contribution >= 4 is 28.5 Å². The summed E-state index contributed by atoms with van der Waals surface area (Å²) < 4.78 is 36.3. The second-order valence-corrected chi connectivity index (χ2v) is 14.3. The van der Waals surface area contributed by atoms with E-state index in [2.05, 4.69) is 83.1 Å². The lowest BCUT2D eigenvalue weighted by Crippen LogP contribution is -2.68. The summed E-state index contributed by atoms with van der Waals surface area (Å²) in [6.07, 6.45) is 8.35. The molecule has 2 aliphatic heterocycles. The van der Waals surface area contributed by atoms with E-state index in [1.807, 2.05) is 12.1 Å². The van der Waals surface area contributed by atoms with Crippen LogP contribution in [0.2, 0.25) is 0 Å². The van der Waals surface area contributed by atoms with E-state index >= 15 is 0 Å². The van der Waals surface area contributed by atoms with E-state index < -0.39 is 21.1 Å². The van der Waals surface area contributed by atoms with Crippen LogP contribution in [0.3, 0.4) is 0 Å². The van der Waals surface area contributed by atoms with Gasteiger partial charge in [-0.1, -0.05) is 47.6 Å². The van der Waals surface area contributed by atoms with Gasteiger partial charge in [-0.2, -0.15) is 4.58 Å². The molecule has 0 saturated heterocycles. The largest absolute Gasteiger partial charge is 0.344 e. The number of anilines is 1. The van der Waals surface area contributed by atoms with Crippen LogP contribution in [0, 0.1) is 42.3 Å². The van der Waals surface area contributed by atoms with Crippen LogP contribution >= 0.6 is 0 Å². The fourth-order valence-corrected chi connectivity index (χ4v) is 6.04. The van der Waals surface area contributed by atoms with E-state index in [0.29, 0.717) is 11.8 Å². The predicted octanol–water partition coefficient (Wildman–Crippen LogP) is 3.45. The highest BCUT2D eigenvalue weighted by molar-refractivity contribution is 6.03. The highest BCUT2D eigenvalue weighted by Crippen LogP contribution is 2.49. The van der Waals surface area contributed by atoms with Gasteiger partial charge < -0.3 is 4.90 Å². The zero-order valence-electron chi connectivity index (χ0n) is 27.6. The van der Waals surface area contributed by atoms with E-state index in [4.69, 9.17) is 18.6 Å². The van der Waals surface area contributed by atoms with Crippen molar-refractivity contribution in [1.82, 2.24) is 0 Å². The Morgan fingerprint density at radius 3 is 1.87 bits per heavy atom. The first-order chi connectivity index (χ1) is 21.2. The third kappa shape index (κ3) is 8.37. The molecule has 2 heterocycles. The van der Waals surface area contributed by atoms with Crippen molar-refractivity contribution in [3.63, 3.8) is 0 Å². The van der Waals surface area contributed by atoms with Crippen LogP contribution in [0.25, 0.3) is 0 Å². The van der Waals surface area contributed by atoms with Crippen molar-refractivity contribution in [2.75, 3.05) is 18.0 Å². The van der Waals surface area contributed by atoms with Gasteiger partial charge in [-0.25, -0.2) is 18.6 Å². The number of non-ortho nitro benzene ring substituents is 2. The van der Waals surface area contributed by atoms with Crippen molar-refractivity contribution in [2.24, 2.45) is 11.8 Å². The molecule has 0 fully saturated rings. The molecule has 12 nitrogen and oxygen atoms in total. The zero-order chi connectivity index (χ0) is 34.8. The lowest BCUT2D eigenvalue weighted by molar-refractivity contribution is -2.00. The van der Waals surface area contributed by atoms with Gasteiger partial charge in [-0.15, -0.1) is 10.2 Å². The predicted molar refractivity (Wildman–Crippen MR) is 166 cm³/mol. The maximum Gasteiger partial charge on any atom is 0.270 e. The summed E-state index contributed by atoms with van der Waals surface area (Å²) in [6.45, 7) is 19.0. The molecule has 0 spiro atoms. The number of hydrogen-bond donors (Lipinski definition) is 0. The minimum absolute atomic E-state index is 0.105. The summed E-state index contributed by atoms with van der Waals surface area (Å²) in [5.74, 6) is 1.04. The van der Waals surface area contributed by atoms with Gasteiger partial charge in [0.2, 0.25) is 5.69 Å². The van der Waals surface area contributed by atoms with Gasteiger partial charge >= 0.3 is 0 Å². The lowest BCUT2D eigenvalue weighted by Gasteiger charge is -2.27. The number of rotatable bonds is 10. The number of nitro benzene ring substituents is 2. The number of halogens is 1. The molecule has 4 rings (SSSR count). The Labute approximate surface area is 272 Å². The molecule has 0 amide bonds. The summed E-state index contributed by atoms with van der Waals surface area (Å²) in [5.41, 5.74) is 5.54.